The second kappa shape index (κ2) is 4.90. The molecule has 0 bridgehead atoms. The predicted octanol–water partition coefficient (Wildman–Crippen LogP) is 3.99. The number of halogens is 2. The van der Waals surface area contributed by atoms with Gasteiger partial charge in [-0.1, -0.05) is 23.2 Å². The molecule has 2 aromatic heterocycles. The molecule has 0 atom stereocenters. The Morgan fingerprint density at radius 3 is 2.68 bits per heavy atom. The Labute approximate surface area is 120 Å². The molecule has 1 amide bonds. The van der Waals surface area contributed by atoms with Crippen LogP contribution in [0.25, 0.3) is 5.52 Å². The molecule has 2 aromatic rings. The van der Waals surface area contributed by atoms with Crippen molar-refractivity contribution in [2.45, 2.75) is 26.4 Å². The van der Waals surface area contributed by atoms with E-state index in [4.69, 9.17) is 27.9 Å². The molecule has 0 aliphatic carbocycles. The minimum Gasteiger partial charge on any atom is -0.444 e. The van der Waals surface area contributed by atoms with Gasteiger partial charge in [-0.3, -0.25) is 5.32 Å². The molecule has 0 aliphatic rings. The fourth-order valence-corrected chi connectivity index (χ4v) is 1.94. The summed E-state index contributed by atoms with van der Waals surface area (Å²) in [5.74, 6) is 0. The summed E-state index contributed by atoms with van der Waals surface area (Å²) in [6, 6.07) is 3.24. The monoisotopic (exact) mass is 301 g/mol. The SMILES string of the molecule is CC(C)(C)OC(=O)Nc1cc(Cl)n2ncc(Cl)c2c1. The zero-order valence-electron chi connectivity index (χ0n) is 10.7. The Hall–Kier alpha value is -1.46. The lowest BCUT2D eigenvalue weighted by Gasteiger charge is -2.19. The molecule has 19 heavy (non-hydrogen) atoms. The Morgan fingerprint density at radius 2 is 2.05 bits per heavy atom. The number of nitrogens with zero attached hydrogens (tertiary/aromatic N) is 2. The average molecular weight is 302 g/mol. The maximum Gasteiger partial charge on any atom is 0.412 e. The van der Waals surface area contributed by atoms with Crippen LogP contribution in [0.15, 0.2) is 18.3 Å². The molecule has 7 heteroatoms. The lowest BCUT2D eigenvalue weighted by molar-refractivity contribution is 0.0636. The van der Waals surface area contributed by atoms with Crippen LogP contribution in [-0.4, -0.2) is 21.3 Å². The number of nitrogens with one attached hydrogen (secondary N) is 1. The third-order valence-electron chi connectivity index (χ3n) is 2.17. The largest absolute Gasteiger partial charge is 0.444 e. The molecule has 0 aromatic carbocycles. The maximum absolute atomic E-state index is 11.7. The van der Waals surface area contributed by atoms with Gasteiger partial charge >= 0.3 is 6.09 Å². The number of ether oxygens (including phenoxy) is 1. The van der Waals surface area contributed by atoms with E-state index in [2.05, 4.69) is 10.4 Å². The molecule has 0 saturated heterocycles. The summed E-state index contributed by atoms with van der Waals surface area (Å²) < 4.78 is 6.63. The van der Waals surface area contributed by atoms with Crippen molar-refractivity contribution < 1.29 is 9.53 Å². The fourth-order valence-electron chi connectivity index (χ4n) is 1.51. The topological polar surface area (TPSA) is 55.6 Å². The van der Waals surface area contributed by atoms with Crippen molar-refractivity contribution in [3.05, 3.63) is 28.5 Å². The molecule has 0 spiro atoms. The Bertz CT molecular complexity index is 632. The molecule has 1 N–H and O–H groups in total. The van der Waals surface area contributed by atoms with Crippen molar-refractivity contribution in [3.63, 3.8) is 0 Å². The van der Waals surface area contributed by atoms with Crippen LogP contribution in [0.4, 0.5) is 10.5 Å². The number of amides is 1. The second-order valence-electron chi connectivity index (χ2n) is 4.98. The fraction of sp³-hybridized carbons (Fsp3) is 0.333. The van der Waals surface area contributed by atoms with Gasteiger partial charge in [0.15, 0.2) is 0 Å². The zero-order chi connectivity index (χ0) is 14.2. The van der Waals surface area contributed by atoms with Crippen molar-refractivity contribution in [2.75, 3.05) is 5.32 Å². The molecular weight excluding hydrogens is 289 g/mol. The van der Waals surface area contributed by atoms with E-state index < -0.39 is 11.7 Å². The van der Waals surface area contributed by atoms with Crippen LogP contribution in [0.3, 0.4) is 0 Å². The number of hydrogen-bond acceptors (Lipinski definition) is 3. The maximum atomic E-state index is 11.7. The predicted molar refractivity (Wildman–Crippen MR) is 75.1 cm³/mol. The first-order chi connectivity index (χ1) is 8.76. The van der Waals surface area contributed by atoms with E-state index >= 15 is 0 Å². The molecule has 2 heterocycles. The summed E-state index contributed by atoms with van der Waals surface area (Å²) in [5.41, 5.74) is 0.543. The van der Waals surface area contributed by atoms with Gasteiger partial charge in [-0.05, 0) is 32.9 Å². The van der Waals surface area contributed by atoms with Gasteiger partial charge in [0.05, 0.1) is 16.7 Å². The molecular formula is C12H13Cl2N3O2. The van der Waals surface area contributed by atoms with Gasteiger partial charge in [0.1, 0.15) is 10.8 Å². The number of aromatic nitrogens is 2. The first-order valence-electron chi connectivity index (χ1n) is 5.59. The van der Waals surface area contributed by atoms with E-state index in [1.807, 2.05) is 0 Å². The van der Waals surface area contributed by atoms with Crippen LogP contribution < -0.4 is 5.32 Å². The van der Waals surface area contributed by atoms with Gasteiger partial charge in [-0.15, -0.1) is 0 Å². The number of carbonyl (C=O) groups excluding carboxylic acids is 1. The highest BCUT2D eigenvalue weighted by molar-refractivity contribution is 6.34. The molecule has 102 valence electrons. The van der Waals surface area contributed by atoms with E-state index in [1.54, 1.807) is 32.9 Å². The number of fused-ring (bicyclic) bond motifs is 1. The van der Waals surface area contributed by atoms with E-state index in [-0.39, 0.29) is 0 Å². The molecule has 5 nitrogen and oxygen atoms in total. The molecule has 0 unspecified atom stereocenters. The van der Waals surface area contributed by atoms with Crippen molar-refractivity contribution in [2.24, 2.45) is 0 Å². The highest BCUT2D eigenvalue weighted by atomic mass is 35.5. The van der Waals surface area contributed by atoms with Gasteiger partial charge in [0, 0.05) is 5.69 Å². The molecule has 0 fully saturated rings. The third kappa shape index (κ3) is 3.30. The summed E-state index contributed by atoms with van der Waals surface area (Å²) in [5, 5.41) is 7.41. The third-order valence-corrected chi connectivity index (χ3v) is 2.73. The van der Waals surface area contributed by atoms with Gasteiger partial charge in [0.2, 0.25) is 0 Å². The first kappa shape index (κ1) is 14.0. The van der Waals surface area contributed by atoms with Gasteiger partial charge in [-0.2, -0.15) is 5.10 Å². The number of pyridine rings is 1. The summed E-state index contributed by atoms with van der Waals surface area (Å²) >= 11 is 12.0. The lowest BCUT2D eigenvalue weighted by Crippen LogP contribution is -2.27. The highest BCUT2D eigenvalue weighted by Crippen LogP contribution is 2.25. The van der Waals surface area contributed by atoms with E-state index in [0.717, 1.165) is 0 Å². The van der Waals surface area contributed by atoms with Gasteiger partial charge < -0.3 is 4.74 Å². The zero-order valence-corrected chi connectivity index (χ0v) is 12.2. The van der Waals surface area contributed by atoms with Gasteiger partial charge in [0.25, 0.3) is 0 Å². The molecule has 0 saturated carbocycles. The van der Waals surface area contributed by atoms with Crippen LogP contribution in [0.1, 0.15) is 20.8 Å². The van der Waals surface area contributed by atoms with Crippen LogP contribution in [0.2, 0.25) is 10.2 Å². The molecule has 2 rings (SSSR count). The van der Waals surface area contributed by atoms with Gasteiger partial charge in [-0.25, -0.2) is 9.31 Å². The summed E-state index contributed by atoms with van der Waals surface area (Å²) in [6.45, 7) is 5.36. The average Bonchev–Trinajstić information content (AvgIpc) is 2.58. The van der Waals surface area contributed by atoms with E-state index in [1.165, 1.54) is 10.7 Å². The standard InChI is InChI=1S/C12H13Cl2N3O2/c1-12(2,3)19-11(18)16-7-4-9-8(13)6-15-17(9)10(14)5-7/h4-6H,1-3H3,(H,16,18). The van der Waals surface area contributed by atoms with Crippen LogP contribution >= 0.6 is 23.2 Å². The second-order valence-corrected chi connectivity index (χ2v) is 5.78. The van der Waals surface area contributed by atoms with Crippen molar-refractivity contribution in [1.82, 2.24) is 9.61 Å². The first-order valence-corrected chi connectivity index (χ1v) is 6.35. The number of anilines is 1. The van der Waals surface area contributed by atoms with Crippen molar-refractivity contribution in [3.8, 4) is 0 Å². The van der Waals surface area contributed by atoms with Crippen LogP contribution in [-0.2, 0) is 4.74 Å². The van der Waals surface area contributed by atoms with Crippen molar-refractivity contribution in [1.29, 1.82) is 0 Å². The Kier molecular flexibility index (Phi) is 3.60. The van der Waals surface area contributed by atoms with E-state index in [0.29, 0.717) is 21.4 Å². The lowest BCUT2D eigenvalue weighted by atomic mass is 10.2. The smallest absolute Gasteiger partial charge is 0.412 e. The van der Waals surface area contributed by atoms with Crippen LogP contribution in [0, 0.1) is 0 Å². The number of hydrogen-bond donors (Lipinski definition) is 1. The normalized spacial score (nSPS) is 11.6. The van der Waals surface area contributed by atoms with E-state index in [9.17, 15) is 4.79 Å². The number of rotatable bonds is 1. The summed E-state index contributed by atoms with van der Waals surface area (Å²) in [7, 11) is 0. The van der Waals surface area contributed by atoms with Crippen molar-refractivity contribution >= 4 is 40.5 Å². The van der Waals surface area contributed by atoms with Crippen LogP contribution in [0.5, 0.6) is 0 Å². The molecule has 0 radical (unpaired) electrons. The summed E-state index contributed by atoms with van der Waals surface area (Å²) in [6.07, 6.45) is 0.934. The molecule has 0 aliphatic heterocycles. The number of carbonyl (C=O) groups is 1. The Balaban J connectivity index is 2.26. The quantitative estimate of drug-likeness (QED) is 0.810. The minimum absolute atomic E-state index is 0.343. The highest BCUT2D eigenvalue weighted by Gasteiger charge is 2.17. The Morgan fingerprint density at radius 1 is 1.37 bits per heavy atom. The summed E-state index contributed by atoms with van der Waals surface area (Å²) in [4.78, 5) is 11.7. The minimum atomic E-state index is -0.563.